The lowest BCUT2D eigenvalue weighted by Crippen LogP contribution is -2.66. The molecule has 3 heterocycles. The molecule has 10 atom stereocenters. The largest absolute Gasteiger partial charge is 0.465 e. The number of carbonyl (C=O) groups is 2. The predicted molar refractivity (Wildman–Crippen MR) is 139 cm³/mol. The van der Waals surface area contributed by atoms with Crippen molar-refractivity contribution in [1.82, 2.24) is 0 Å². The molecule has 0 aromatic carbocycles. The van der Waals surface area contributed by atoms with Gasteiger partial charge >= 0.3 is 11.9 Å². The summed E-state index contributed by atoms with van der Waals surface area (Å²) in [4.78, 5) is 26.3. The van der Waals surface area contributed by atoms with E-state index >= 15 is 0 Å². The summed E-state index contributed by atoms with van der Waals surface area (Å²) in [5.74, 6) is -1.00. The summed E-state index contributed by atoms with van der Waals surface area (Å²) in [6.45, 7) is 10.9. The van der Waals surface area contributed by atoms with E-state index in [1.807, 2.05) is 13.8 Å². The van der Waals surface area contributed by atoms with Gasteiger partial charge in [-0.1, -0.05) is 50.6 Å². The Bertz CT molecular complexity index is 1030. The van der Waals surface area contributed by atoms with E-state index in [1.54, 1.807) is 25.2 Å². The van der Waals surface area contributed by atoms with Crippen LogP contribution >= 0.6 is 0 Å². The van der Waals surface area contributed by atoms with Crippen molar-refractivity contribution in [3.8, 4) is 0 Å². The standard InChI is InChI=1S/C30H42O8/c1-18-10-12-29-16-35-27(33)20(3)19(2)11-13-34-22(21(4)31)8-6-7-9-26(32)38-23-15-25(37-24(29)14-18)30(17-36-30)28(23,29)5/h6-9,14,19-25,31H,10-13,15-17H2,1-5H3/b8-6-,9-7-/t19-,20-,21?,22?,23?,24+,25+,28+,29+,30-/m0/s1. The number of cyclic esters (lactones) is 1. The second-order valence-electron chi connectivity index (χ2n) is 12.2. The molecule has 2 spiro atoms. The molecular weight excluding hydrogens is 488 g/mol. The van der Waals surface area contributed by atoms with Gasteiger partial charge in [0.1, 0.15) is 24.4 Å². The highest BCUT2D eigenvalue weighted by molar-refractivity contribution is 5.82. The molecule has 1 N–H and O–H groups in total. The smallest absolute Gasteiger partial charge is 0.331 e. The Morgan fingerprint density at radius 3 is 2.61 bits per heavy atom. The molecule has 38 heavy (non-hydrogen) atoms. The molecule has 2 saturated heterocycles. The molecule has 3 fully saturated rings. The Balaban J connectivity index is 1.51. The summed E-state index contributed by atoms with van der Waals surface area (Å²) >= 11 is 0. The van der Waals surface area contributed by atoms with Crippen LogP contribution in [0.15, 0.2) is 36.0 Å². The summed E-state index contributed by atoms with van der Waals surface area (Å²) in [5.41, 5.74) is -0.466. The SMILES string of the molecule is CC1=C[C@H]2O[C@@H]3CC4OC(=O)/C=C\C=C/C(C(C)O)OCC[C@H](C)[C@H](C)C(=O)OC[C@@]2(CC1)[C@]4(C)[C@]31CO1. The molecular formula is C30H42O8. The van der Waals surface area contributed by atoms with Crippen molar-refractivity contribution in [2.24, 2.45) is 22.7 Å². The molecule has 0 aromatic heterocycles. The van der Waals surface area contributed by atoms with Gasteiger partial charge in [-0.25, -0.2) is 4.79 Å². The average Bonchev–Trinajstić information content (AvgIpc) is 3.65. The van der Waals surface area contributed by atoms with Crippen molar-refractivity contribution >= 4 is 11.9 Å². The summed E-state index contributed by atoms with van der Waals surface area (Å²) in [6.07, 6.45) is 9.25. The Hall–Kier alpha value is -2.00. The number of esters is 2. The topological polar surface area (TPSA) is 104 Å². The molecule has 2 aliphatic carbocycles. The Morgan fingerprint density at radius 1 is 1.13 bits per heavy atom. The monoisotopic (exact) mass is 530 g/mol. The highest BCUT2D eigenvalue weighted by Crippen LogP contribution is 2.72. The fourth-order valence-electron chi connectivity index (χ4n) is 7.18. The van der Waals surface area contributed by atoms with Gasteiger partial charge in [-0.3, -0.25) is 4.79 Å². The van der Waals surface area contributed by atoms with Crippen LogP contribution in [0.2, 0.25) is 0 Å². The van der Waals surface area contributed by atoms with Gasteiger partial charge in [0.05, 0.1) is 36.3 Å². The lowest BCUT2D eigenvalue weighted by atomic mass is 9.51. The highest BCUT2D eigenvalue weighted by Gasteiger charge is 2.83. The number of carbonyl (C=O) groups excluding carboxylic acids is 2. The molecule has 0 radical (unpaired) electrons. The third kappa shape index (κ3) is 4.37. The van der Waals surface area contributed by atoms with E-state index < -0.39 is 40.7 Å². The predicted octanol–water partition coefficient (Wildman–Crippen LogP) is 3.67. The van der Waals surface area contributed by atoms with Crippen LogP contribution in [0.5, 0.6) is 0 Å². The van der Waals surface area contributed by atoms with Crippen LogP contribution in [-0.4, -0.2) is 73.0 Å². The first-order chi connectivity index (χ1) is 18.0. The summed E-state index contributed by atoms with van der Waals surface area (Å²) in [5, 5.41) is 10.1. The van der Waals surface area contributed by atoms with Crippen LogP contribution in [-0.2, 0) is 33.3 Å². The summed E-state index contributed by atoms with van der Waals surface area (Å²) in [6, 6.07) is 0. The van der Waals surface area contributed by atoms with E-state index in [4.69, 9.17) is 23.7 Å². The lowest BCUT2D eigenvalue weighted by molar-refractivity contribution is -0.233. The second kappa shape index (κ2) is 10.2. The van der Waals surface area contributed by atoms with E-state index in [9.17, 15) is 14.7 Å². The minimum Gasteiger partial charge on any atom is -0.465 e. The maximum atomic E-state index is 13.3. The number of rotatable bonds is 1. The molecule has 5 aliphatic rings. The Morgan fingerprint density at radius 2 is 1.89 bits per heavy atom. The quantitative estimate of drug-likeness (QED) is 0.311. The first-order valence-corrected chi connectivity index (χ1v) is 14.0. The van der Waals surface area contributed by atoms with Gasteiger partial charge in [-0.15, -0.1) is 0 Å². The fourth-order valence-corrected chi connectivity index (χ4v) is 7.18. The van der Waals surface area contributed by atoms with Crippen LogP contribution in [0.25, 0.3) is 0 Å². The van der Waals surface area contributed by atoms with Gasteiger partial charge < -0.3 is 28.8 Å². The van der Waals surface area contributed by atoms with Gasteiger partial charge in [-0.05, 0) is 39.0 Å². The minimum absolute atomic E-state index is 0.0302. The summed E-state index contributed by atoms with van der Waals surface area (Å²) in [7, 11) is 0. The van der Waals surface area contributed by atoms with Crippen molar-refractivity contribution in [3.05, 3.63) is 36.0 Å². The number of epoxide rings is 1. The number of hydrogen-bond donors (Lipinski definition) is 1. The van der Waals surface area contributed by atoms with E-state index in [1.165, 1.54) is 11.6 Å². The molecule has 3 unspecified atom stereocenters. The van der Waals surface area contributed by atoms with Crippen LogP contribution in [0.3, 0.4) is 0 Å². The zero-order valence-electron chi connectivity index (χ0n) is 23.2. The minimum atomic E-state index is -0.723. The number of aliphatic hydroxyl groups excluding tert-OH is 1. The molecule has 0 aromatic rings. The first-order valence-electron chi connectivity index (χ1n) is 14.0. The third-order valence-electron chi connectivity index (χ3n) is 10.2. The average molecular weight is 531 g/mol. The Labute approximate surface area is 225 Å². The van der Waals surface area contributed by atoms with Crippen molar-refractivity contribution in [3.63, 3.8) is 0 Å². The molecule has 0 amide bonds. The van der Waals surface area contributed by atoms with Gasteiger partial charge in [0.15, 0.2) is 0 Å². The van der Waals surface area contributed by atoms with Crippen molar-refractivity contribution < 1.29 is 38.4 Å². The lowest BCUT2D eigenvalue weighted by Gasteiger charge is -2.58. The zero-order chi connectivity index (χ0) is 27.3. The van der Waals surface area contributed by atoms with Crippen LogP contribution in [0.1, 0.15) is 60.3 Å². The van der Waals surface area contributed by atoms with Crippen molar-refractivity contribution in [2.75, 3.05) is 19.8 Å². The molecule has 5 rings (SSSR count). The van der Waals surface area contributed by atoms with E-state index in [0.717, 1.165) is 12.8 Å². The molecule has 2 bridgehead atoms. The number of hydrogen-bond acceptors (Lipinski definition) is 8. The van der Waals surface area contributed by atoms with Gasteiger partial charge in [0, 0.05) is 24.5 Å². The zero-order valence-corrected chi connectivity index (χ0v) is 23.2. The maximum absolute atomic E-state index is 13.3. The molecule has 8 nitrogen and oxygen atoms in total. The van der Waals surface area contributed by atoms with Gasteiger partial charge in [-0.2, -0.15) is 0 Å². The number of allylic oxidation sites excluding steroid dienone is 3. The second-order valence-corrected chi connectivity index (χ2v) is 12.2. The third-order valence-corrected chi connectivity index (χ3v) is 10.2. The van der Waals surface area contributed by atoms with Crippen LogP contribution in [0.4, 0.5) is 0 Å². The normalized spacial score (nSPS) is 48.0. The maximum Gasteiger partial charge on any atom is 0.331 e. The molecule has 1 saturated carbocycles. The number of aliphatic hydroxyl groups is 1. The number of ether oxygens (including phenoxy) is 5. The van der Waals surface area contributed by atoms with E-state index in [-0.39, 0.29) is 36.6 Å². The van der Waals surface area contributed by atoms with E-state index in [2.05, 4.69) is 19.9 Å². The van der Waals surface area contributed by atoms with E-state index in [0.29, 0.717) is 26.1 Å². The van der Waals surface area contributed by atoms with Gasteiger partial charge in [0.2, 0.25) is 0 Å². The highest BCUT2D eigenvalue weighted by atomic mass is 16.6. The van der Waals surface area contributed by atoms with Crippen LogP contribution in [0, 0.1) is 22.7 Å². The Kier molecular flexibility index (Phi) is 7.39. The van der Waals surface area contributed by atoms with Crippen LogP contribution < -0.4 is 0 Å². The molecule has 8 heteroatoms. The van der Waals surface area contributed by atoms with Gasteiger partial charge in [0.25, 0.3) is 0 Å². The van der Waals surface area contributed by atoms with Crippen molar-refractivity contribution in [1.29, 1.82) is 0 Å². The fraction of sp³-hybridized carbons (Fsp3) is 0.733. The molecule has 3 aliphatic heterocycles. The first kappa shape index (κ1) is 27.6. The molecule has 210 valence electrons. The summed E-state index contributed by atoms with van der Waals surface area (Å²) < 4.78 is 31.0. The van der Waals surface area contributed by atoms with Crippen molar-refractivity contribution in [2.45, 2.75) is 96.4 Å².